The summed E-state index contributed by atoms with van der Waals surface area (Å²) in [6.45, 7) is 1.20. The minimum atomic E-state index is -0.792. The fourth-order valence-electron chi connectivity index (χ4n) is 3.55. The highest BCUT2D eigenvalue weighted by Crippen LogP contribution is 2.34. The molecule has 2 aliphatic carbocycles. The maximum absolute atomic E-state index is 13.1. The van der Waals surface area contributed by atoms with E-state index in [2.05, 4.69) is 0 Å². The van der Waals surface area contributed by atoms with Crippen LogP contribution >= 0.6 is 0 Å². The lowest BCUT2D eigenvalue weighted by Gasteiger charge is -2.31. The number of amides is 1. The van der Waals surface area contributed by atoms with Crippen molar-refractivity contribution in [3.63, 3.8) is 0 Å². The Kier molecular flexibility index (Phi) is 5.17. The lowest BCUT2D eigenvalue weighted by atomic mass is 9.80. The normalized spacial score (nSPS) is 23.7. The standard InChI is InChI=1S/C19H24FNO3/c20-17-8-6-14(7-9-17)12-21(11-13-4-5-13)18(22)15-2-1-3-16(10-15)19(23)24/h6-9,13,15-16H,1-5,10-12H2,(H,23,24). The number of benzene rings is 1. The van der Waals surface area contributed by atoms with Crippen LogP contribution in [0.3, 0.4) is 0 Å². The molecule has 4 nitrogen and oxygen atoms in total. The van der Waals surface area contributed by atoms with Crippen LogP contribution in [0, 0.1) is 23.6 Å². The molecule has 0 spiro atoms. The predicted molar refractivity (Wildman–Crippen MR) is 87.6 cm³/mol. The number of carbonyl (C=O) groups is 2. The Morgan fingerprint density at radius 1 is 1.08 bits per heavy atom. The molecule has 130 valence electrons. The van der Waals surface area contributed by atoms with E-state index in [1.54, 1.807) is 12.1 Å². The summed E-state index contributed by atoms with van der Waals surface area (Å²) in [6, 6.07) is 6.25. The van der Waals surface area contributed by atoms with Crippen LogP contribution in [-0.2, 0) is 16.1 Å². The summed E-state index contributed by atoms with van der Waals surface area (Å²) in [5, 5.41) is 9.23. The second-order valence-electron chi connectivity index (χ2n) is 7.19. The van der Waals surface area contributed by atoms with Gasteiger partial charge in [0.15, 0.2) is 0 Å². The molecule has 1 aromatic rings. The molecular formula is C19H24FNO3. The van der Waals surface area contributed by atoms with Gasteiger partial charge in [-0.2, -0.15) is 0 Å². The molecule has 0 aromatic heterocycles. The molecule has 0 bridgehead atoms. The number of carbonyl (C=O) groups excluding carboxylic acids is 1. The lowest BCUT2D eigenvalue weighted by molar-refractivity contribution is -0.145. The quantitative estimate of drug-likeness (QED) is 0.867. The lowest BCUT2D eigenvalue weighted by Crippen LogP contribution is -2.39. The molecule has 2 fully saturated rings. The average molecular weight is 333 g/mol. The molecule has 2 saturated carbocycles. The fourth-order valence-corrected chi connectivity index (χ4v) is 3.55. The first kappa shape index (κ1) is 16.9. The molecule has 0 heterocycles. The van der Waals surface area contributed by atoms with E-state index in [0.717, 1.165) is 37.8 Å². The van der Waals surface area contributed by atoms with Gasteiger partial charge < -0.3 is 10.0 Å². The van der Waals surface area contributed by atoms with Crippen molar-refractivity contribution < 1.29 is 19.1 Å². The van der Waals surface area contributed by atoms with Crippen molar-refractivity contribution in [1.29, 1.82) is 0 Å². The molecule has 3 rings (SSSR count). The van der Waals surface area contributed by atoms with Crippen LogP contribution < -0.4 is 0 Å². The van der Waals surface area contributed by atoms with Crippen molar-refractivity contribution in [1.82, 2.24) is 4.90 Å². The van der Waals surface area contributed by atoms with Gasteiger partial charge in [0, 0.05) is 19.0 Å². The van der Waals surface area contributed by atoms with Gasteiger partial charge >= 0.3 is 5.97 Å². The molecule has 2 unspecified atom stereocenters. The van der Waals surface area contributed by atoms with Gasteiger partial charge in [-0.3, -0.25) is 9.59 Å². The molecule has 24 heavy (non-hydrogen) atoms. The second-order valence-corrected chi connectivity index (χ2v) is 7.19. The van der Waals surface area contributed by atoms with Gasteiger partial charge in [-0.05, 0) is 55.7 Å². The van der Waals surface area contributed by atoms with Crippen molar-refractivity contribution in [3.8, 4) is 0 Å². The smallest absolute Gasteiger partial charge is 0.306 e. The zero-order valence-electron chi connectivity index (χ0n) is 13.8. The zero-order valence-corrected chi connectivity index (χ0v) is 13.8. The molecule has 1 aromatic carbocycles. The van der Waals surface area contributed by atoms with Gasteiger partial charge in [-0.1, -0.05) is 18.6 Å². The largest absolute Gasteiger partial charge is 0.481 e. The Bertz CT molecular complexity index is 597. The molecular weight excluding hydrogens is 309 g/mol. The Hall–Kier alpha value is -1.91. The summed E-state index contributed by atoms with van der Waals surface area (Å²) in [5.74, 6) is -1.04. The molecule has 0 radical (unpaired) electrons. The second kappa shape index (κ2) is 7.32. The Morgan fingerprint density at radius 3 is 2.38 bits per heavy atom. The Balaban J connectivity index is 1.68. The van der Waals surface area contributed by atoms with Crippen molar-refractivity contribution in [2.45, 2.75) is 45.1 Å². The molecule has 0 aliphatic heterocycles. The van der Waals surface area contributed by atoms with E-state index < -0.39 is 11.9 Å². The number of nitrogens with zero attached hydrogens (tertiary/aromatic N) is 1. The van der Waals surface area contributed by atoms with Crippen LogP contribution in [0.15, 0.2) is 24.3 Å². The summed E-state index contributed by atoms with van der Waals surface area (Å²) in [7, 11) is 0. The van der Waals surface area contributed by atoms with Crippen molar-refractivity contribution >= 4 is 11.9 Å². The van der Waals surface area contributed by atoms with Gasteiger partial charge in [0.25, 0.3) is 0 Å². The van der Waals surface area contributed by atoms with Gasteiger partial charge in [0.2, 0.25) is 5.91 Å². The first-order valence-electron chi connectivity index (χ1n) is 8.79. The predicted octanol–water partition coefficient (Wildman–Crippen LogP) is 3.46. The first-order valence-corrected chi connectivity index (χ1v) is 8.79. The molecule has 2 atom stereocenters. The number of rotatable bonds is 6. The minimum absolute atomic E-state index is 0.0668. The average Bonchev–Trinajstić information content (AvgIpc) is 3.40. The van der Waals surface area contributed by atoms with Crippen molar-refractivity contribution in [2.75, 3.05) is 6.54 Å². The SMILES string of the molecule is O=C(O)C1CCCC(C(=O)N(Cc2ccc(F)cc2)CC2CC2)C1. The summed E-state index contributed by atoms with van der Waals surface area (Å²) < 4.78 is 13.1. The maximum Gasteiger partial charge on any atom is 0.306 e. The number of aliphatic carboxylic acids is 1. The van der Waals surface area contributed by atoms with E-state index in [1.165, 1.54) is 12.1 Å². The third-order valence-electron chi connectivity index (χ3n) is 5.15. The topological polar surface area (TPSA) is 57.6 Å². The van der Waals surface area contributed by atoms with Crippen LogP contribution in [0.25, 0.3) is 0 Å². The summed E-state index contributed by atoms with van der Waals surface area (Å²) in [5.41, 5.74) is 0.913. The van der Waals surface area contributed by atoms with Crippen molar-refractivity contribution in [2.24, 2.45) is 17.8 Å². The fraction of sp³-hybridized carbons (Fsp3) is 0.579. The minimum Gasteiger partial charge on any atom is -0.481 e. The van der Waals surface area contributed by atoms with Gasteiger partial charge in [0.1, 0.15) is 5.82 Å². The van der Waals surface area contributed by atoms with E-state index in [9.17, 15) is 19.1 Å². The molecule has 2 aliphatic rings. The highest BCUT2D eigenvalue weighted by atomic mass is 19.1. The summed E-state index contributed by atoms with van der Waals surface area (Å²) in [6.07, 6.45) is 4.97. The number of halogens is 1. The van der Waals surface area contributed by atoms with E-state index in [1.807, 2.05) is 4.90 Å². The number of carboxylic acid groups (broad SMARTS) is 1. The van der Waals surface area contributed by atoms with E-state index in [0.29, 0.717) is 25.3 Å². The molecule has 0 saturated heterocycles. The first-order chi connectivity index (χ1) is 11.5. The Morgan fingerprint density at radius 2 is 1.75 bits per heavy atom. The van der Waals surface area contributed by atoms with Gasteiger partial charge in [0.05, 0.1) is 5.92 Å². The zero-order chi connectivity index (χ0) is 17.1. The van der Waals surface area contributed by atoms with Crippen LogP contribution in [-0.4, -0.2) is 28.4 Å². The molecule has 1 N–H and O–H groups in total. The van der Waals surface area contributed by atoms with E-state index >= 15 is 0 Å². The van der Waals surface area contributed by atoms with Crippen LogP contribution in [0.5, 0.6) is 0 Å². The number of hydrogen-bond donors (Lipinski definition) is 1. The third kappa shape index (κ3) is 4.34. The van der Waals surface area contributed by atoms with E-state index in [4.69, 9.17) is 0 Å². The maximum atomic E-state index is 13.1. The van der Waals surface area contributed by atoms with Gasteiger partial charge in [-0.25, -0.2) is 4.39 Å². The van der Waals surface area contributed by atoms with Crippen LogP contribution in [0.1, 0.15) is 44.1 Å². The summed E-state index contributed by atoms with van der Waals surface area (Å²) >= 11 is 0. The number of carboxylic acids is 1. The van der Waals surface area contributed by atoms with Crippen molar-refractivity contribution in [3.05, 3.63) is 35.6 Å². The highest BCUT2D eigenvalue weighted by molar-refractivity contribution is 5.80. The Labute approximate surface area is 141 Å². The molecule has 5 heteroatoms. The summed E-state index contributed by atoms with van der Waals surface area (Å²) in [4.78, 5) is 26.1. The highest BCUT2D eigenvalue weighted by Gasteiger charge is 2.35. The monoisotopic (exact) mass is 333 g/mol. The van der Waals surface area contributed by atoms with Crippen LogP contribution in [0.2, 0.25) is 0 Å². The third-order valence-corrected chi connectivity index (χ3v) is 5.15. The number of hydrogen-bond acceptors (Lipinski definition) is 2. The van der Waals surface area contributed by atoms with Gasteiger partial charge in [-0.15, -0.1) is 0 Å². The van der Waals surface area contributed by atoms with Crippen LogP contribution in [0.4, 0.5) is 4.39 Å². The van der Waals surface area contributed by atoms with E-state index in [-0.39, 0.29) is 17.6 Å². The molecule has 1 amide bonds.